The Balaban J connectivity index is 1.58. The van der Waals surface area contributed by atoms with Crippen LogP contribution >= 0.6 is 0 Å². The van der Waals surface area contributed by atoms with Crippen molar-refractivity contribution in [2.45, 2.75) is 51.5 Å². The second kappa shape index (κ2) is 11.6. The Morgan fingerprint density at radius 1 is 0.923 bits per heavy atom. The van der Waals surface area contributed by atoms with Gasteiger partial charge in [0, 0.05) is 64.2 Å². The van der Waals surface area contributed by atoms with Gasteiger partial charge in [0.2, 0.25) is 0 Å². The Morgan fingerprint density at radius 3 is 2.46 bits per heavy atom. The van der Waals surface area contributed by atoms with Gasteiger partial charge in [-0.05, 0) is 87.9 Å². The van der Waals surface area contributed by atoms with Gasteiger partial charge in [0.05, 0.1) is 6.04 Å². The van der Waals surface area contributed by atoms with E-state index in [4.69, 9.17) is 4.99 Å². The minimum atomic E-state index is -0.206. The first kappa shape index (κ1) is 27.5. The molecule has 0 spiro atoms. The van der Waals surface area contributed by atoms with Crippen LogP contribution in [-0.4, -0.2) is 96.8 Å². The van der Waals surface area contributed by atoms with E-state index in [0.29, 0.717) is 0 Å². The van der Waals surface area contributed by atoms with Crippen LogP contribution in [0.15, 0.2) is 65.2 Å². The largest absolute Gasteiger partial charge is 0.364 e. The molecule has 2 saturated heterocycles. The molecule has 2 fully saturated rings. The van der Waals surface area contributed by atoms with Crippen LogP contribution in [0.25, 0.3) is 5.70 Å². The van der Waals surface area contributed by atoms with E-state index in [0.717, 1.165) is 105 Å². The highest BCUT2D eigenvalue weighted by Gasteiger charge is 2.32. The van der Waals surface area contributed by atoms with E-state index in [1.54, 1.807) is 12.1 Å². The zero-order valence-corrected chi connectivity index (χ0v) is 24.3. The molecule has 2 bridgehead atoms. The van der Waals surface area contributed by atoms with Crippen molar-refractivity contribution in [1.29, 1.82) is 0 Å². The molecule has 0 amide bonds. The molecule has 0 aromatic heterocycles. The molecule has 39 heavy (non-hydrogen) atoms. The van der Waals surface area contributed by atoms with E-state index in [1.807, 2.05) is 6.07 Å². The third-order valence-corrected chi connectivity index (χ3v) is 8.97. The van der Waals surface area contributed by atoms with Gasteiger partial charge in [-0.3, -0.25) is 0 Å². The molecule has 1 aromatic rings. The lowest BCUT2D eigenvalue weighted by Gasteiger charge is -2.42. The molecule has 4 heterocycles. The third-order valence-electron chi connectivity index (χ3n) is 8.97. The van der Waals surface area contributed by atoms with Crippen LogP contribution in [0.1, 0.15) is 50.2 Å². The average Bonchev–Trinajstić information content (AvgIpc) is 2.90. The number of hydrogen-bond donors (Lipinski definition) is 0. The molecule has 5 rings (SSSR count). The Bertz CT molecular complexity index is 1210. The number of piperidine rings is 1. The maximum Gasteiger partial charge on any atom is 0.139 e. The van der Waals surface area contributed by atoms with Gasteiger partial charge in [0.15, 0.2) is 0 Å². The lowest BCUT2D eigenvalue weighted by atomic mass is 9.89. The first-order valence-corrected chi connectivity index (χ1v) is 14.6. The van der Waals surface area contributed by atoms with Crippen LogP contribution in [0.2, 0.25) is 0 Å². The van der Waals surface area contributed by atoms with Crippen molar-refractivity contribution in [3.8, 4) is 0 Å². The summed E-state index contributed by atoms with van der Waals surface area (Å²) in [5.74, 6) is 2.97. The van der Waals surface area contributed by atoms with Gasteiger partial charge in [-0.1, -0.05) is 19.2 Å². The predicted molar refractivity (Wildman–Crippen MR) is 160 cm³/mol. The van der Waals surface area contributed by atoms with Gasteiger partial charge < -0.3 is 24.5 Å². The summed E-state index contributed by atoms with van der Waals surface area (Å²) in [6.07, 6.45) is 8.62. The number of aliphatic imine (C=N–C) groups is 1. The summed E-state index contributed by atoms with van der Waals surface area (Å²) in [5.41, 5.74) is 5.21. The van der Waals surface area contributed by atoms with E-state index in [1.165, 1.54) is 17.8 Å². The zero-order valence-electron chi connectivity index (χ0n) is 24.3. The van der Waals surface area contributed by atoms with Gasteiger partial charge in [-0.25, -0.2) is 9.38 Å². The van der Waals surface area contributed by atoms with Crippen molar-refractivity contribution in [3.05, 3.63) is 77.2 Å². The SMILES string of the molecule is C=C1/C(C)=C2/N=C(N3CCC3)C=C(N(C)CCN(C)CCCc3ccc(F)cc3C(=C)N3CCCCC13)N2C. The van der Waals surface area contributed by atoms with Crippen LogP contribution in [0, 0.1) is 5.82 Å². The number of hydrogen-bond acceptors (Lipinski definition) is 6. The number of rotatable bonds is 0. The highest BCUT2D eigenvalue weighted by Crippen LogP contribution is 2.36. The summed E-state index contributed by atoms with van der Waals surface area (Å²) in [6.45, 7) is 17.2. The number of amidine groups is 1. The highest BCUT2D eigenvalue weighted by molar-refractivity contribution is 5.95. The van der Waals surface area contributed by atoms with E-state index in [2.05, 4.69) is 71.8 Å². The zero-order chi connectivity index (χ0) is 27.7. The molecule has 0 saturated carbocycles. The second-order valence-electron chi connectivity index (χ2n) is 11.6. The summed E-state index contributed by atoms with van der Waals surface area (Å²) < 4.78 is 14.5. The number of nitrogens with zero attached hydrogens (tertiary/aromatic N) is 6. The molecular formula is C32H45FN6. The van der Waals surface area contributed by atoms with Crippen LogP contribution in [0.3, 0.4) is 0 Å². The molecule has 1 aromatic carbocycles. The molecule has 6 nitrogen and oxygen atoms in total. The minimum Gasteiger partial charge on any atom is -0.364 e. The molecule has 4 aliphatic rings. The first-order chi connectivity index (χ1) is 18.7. The van der Waals surface area contributed by atoms with Gasteiger partial charge in [0.25, 0.3) is 0 Å². The molecule has 0 N–H and O–H groups in total. The lowest BCUT2D eigenvalue weighted by molar-refractivity contribution is 0.242. The number of likely N-dealkylation sites (N-methyl/N-ethyl adjacent to an activating group) is 2. The average molecular weight is 533 g/mol. The molecule has 0 aliphatic carbocycles. The van der Waals surface area contributed by atoms with E-state index in [-0.39, 0.29) is 11.9 Å². The van der Waals surface area contributed by atoms with Crippen molar-refractivity contribution in [2.24, 2.45) is 4.99 Å². The van der Waals surface area contributed by atoms with Crippen molar-refractivity contribution < 1.29 is 4.39 Å². The van der Waals surface area contributed by atoms with E-state index in [9.17, 15) is 4.39 Å². The first-order valence-electron chi connectivity index (χ1n) is 14.6. The predicted octanol–water partition coefficient (Wildman–Crippen LogP) is 5.14. The van der Waals surface area contributed by atoms with Crippen molar-refractivity contribution in [1.82, 2.24) is 24.5 Å². The van der Waals surface area contributed by atoms with Gasteiger partial charge in [-0.2, -0.15) is 0 Å². The molecule has 1 unspecified atom stereocenters. The fraction of sp³-hybridized carbons (Fsp3) is 0.531. The lowest BCUT2D eigenvalue weighted by Crippen LogP contribution is -2.45. The van der Waals surface area contributed by atoms with Gasteiger partial charge in [0.1, 0.15) is 23.3 Å². The quantitative estimate of drug-likeness (QED) is 0.462. The van der Waals surface area contributed by atoms with Gasteiger partial charge >= 0.3 is 0 Å². The highest BCUT2D eigenvalue weighted by atomic mass is 19.1. The van der Waals surface area contributed by atoms with Crippen molar-refractivity contribution in [2.75, 3.05) is 60.4 Å². The smallest absolute Gasteiger partial charge is 0.139 e. The van der Waals surface area contributed by atoms with Crippen molar-refractivity contribution >= 4 is 11.5 Å². The summed E-state index contributed by atoms with van der Waals surface area (Å²) in [7, 11) is 6.50. The van der Waals surface area contributed by atoms with Crippen LogP contribution in [0.5, 0.6) is 0 Å². The minimum absolute atomic E-state index is 0.111. The summed E-state index contributed by atoms with van der Waals surface area (Å²) in [4.78, 5) is 16.9. The maximum atomic E-state index is 14.5. The molecule has 4 aliphatic heterocycles. The second-order valence-corrected chi connectivity index (χ2v) is 11.6. The molecule has 0 radical (unpaired) electrons. The summed E-state index contributed by atoms with van der Waals surface area (Å²) >= 11 is 0. The molecular weight excluding hydrogens is 487 g/mol. The summed E-state index contributed by atoms with van der Waals surface area (Å²) in [6, 6.07) is 5.33. The fourth-order valence-corrected chi connectivity index (χ4v) is 6.23. The Hall–Kier alpha value is -3.06. The monoisotopic (exact) mass is 532 g/mol. The number of aryl methyl sites for hydroxylation is 1. The Morgan fingerprint density at radius 2 is 1.72 bits per heavy atom. The fourth-order valence-electron chi connectivity index (χ4n) is 6.23. The third kappa shape index (κ3) is 5.65. The number of fused-ring (bicyclic) bond motifs is 4. The van der Waals surface area contributed by atoms with Gasteiger partial charge in [-0.15, -0.1) is 0 Å². The van der Waals surface area contributed by atoms with Crippen LogP contribution in [-0.2, 0) is 6.42 Å². The molecule has 7 heteroatoms. The summed E-state index contributed by atoms with van der Waals surface area (Å²) in [5, 5.41) is 0. The van der Waals surface area contributed by atoms with Crippen LogP contribution in [0.4, 0.5) is 4.39 Å². The van der Waals surface area contributed by atoms with E-state index >= 15 is 0 Å². The number of likely N-dealkylation sites (tertiary alicyclic amines) is 1. The number of halogens is 1. The molecule has 1 atom stereocenters. The van der Waals surface area contributed by atoms with Crippen LogP contribution < -0.4 is 0 Å². The number of benzene rings is 1. The maximum absolute atomic E-state index is 14.5. The Labute approximate surface area is 234 Å². The normalized spacial score (nSPS) is 25.9. The Kier molecular flexibility index (Phi) is 8.17. The molecule has 210 valence electrons. The standard InChI is InChI=1S/C32H45FN6/c1-23-24(2)32-34-30(38-16-10-17-38)22-31(37(32)6)36(5)20-19-35(4)15-9-11-26-13-14-27(33)21-28(26)25(3)39-18-8-7-12-29(23)39/h13-14,21-22,29H,1,3,7-12,15-20H2,2,4-6H3/b32-24-. The topological polar surface area (TPSA) is 28.6 Å². The van der Waals surface area contributed by atoms with Crippen molar-refractivity contribution in [3.63, 3.8) is 0 Å². The van der Waals surface area contributed by atoms with E-state index < -0.39 is 0 Å².